The Morgan fingerprint density at radius 2 is 0.781 bits per heavy atom. The van der Waals surface area contributed by atoms with Crippen LogP contribution >= 0.6 is 16.8 Å². The molecule has 396 valence electrons. The van der Waals surface area contributed by atoms with Gasteiger partial charge in [-0.2, -0.15) is 0 Å². The summed E-state index contributed by atoms with van der Waals surface area (Å²) in [6, 6.07) is 27.4. The lowest BCUT2D eigenvalue weighted by Gasteiger charge is -2.37. The molecular weight excluding hydrogens is 1000 g/mol. The third-order valence-electron chi connectivity index (χ3n) is 14.3. The van der Waals surface area contributed by atoms with Crippen molar-refractivity contribution in [2.24, 2.45) is 0 Å². The van der Waals surface area contributed by atoms with Crippen LogP contribution < -0.4 is 34.3 Å². The molecule has 0 aliphatic carbocycles. The van der Waals surface area contributed by atoms with E-state index < -0.39 is 54.7 Å². The fraction of sp³-hybridized carbons (Fsp3) is 0.508. The summed E-state index contributed by atoms with van der Waals surface area (Å²) in [5.41, 5.74) is 8.60. The first-order valence-corrected chi connectivity index (χ1v) is 42.7. The summed E-state index contributed by atoms with van der Waals surface area (Å²) in [5.74, 6) is 2.38. The molecule has 0 bridgehead atoms. The zero-order chi connectivity index (χ0) is 54.8. The van der Waals surface area contributed by atoms with E-state index >= 15 is 0 Å². The first-order valence-electron chi connectivity index (χ1n) is 26.5. The second-order valence-electron chi connectivity index (χ2n) is 29.6. The maximum absolute atomic E-state index is 7.85. The average Bonchev–Trinajstić information content (AvgIpc) is 3.36. The minimum Gasteiger partial charge on any atom is -0.417 e. The molecule has 0 saturated carbocycles. The van der Waals surface area contributed by atoms with Crippen molar-refractivity contribution >= 4 is 91.8 Å². The third kappa shape index (κ3) is 12.1. The average molecular weight is 1090 g/mol. The fourth-order valence-electron chi connectivity index (χ4n) is 9.44. The van der Waals surface area contributed by atoms with Gasteiger partial charge >= 0.3 is 16.8 Å². The number of benzene rings is 5. The van der Waals surface area contributed by atoms with E-state index in [1.807, 2.05) is 18.2 Å². The lowest BCUT2D eigenvalue weighted by atomic mass is 9.83. The quantitative estimate of drug-likeness (QED) is 0.106. The molecule has 0 spiro atoms. The first kappa shape index (κ1) is 57.4. The number of fused-ring (bicyclic) bond motifs is 4. The van der Waals surface area contributed by atoms with E-state index in [-0.39, 0.29) is 21.7 Å². The van der Waals surface area contributed by atoms with Crippen LogP contribution in [0.25, 0.3) is 33.1 Å². The lowest BCUT2D eigenvalue weighted by molar-refractivity contribution is 0.0773. The summed E-state index contributed by atoms with van der Waals surface area (Å²) >= 11 is 0. The molecule has 73 heavy (non-hydrogen) atoms. The molecule has 1 aliphatic heterocycles. The van der Waals surface area contributed by atoms with Crippen molar-refractivity contribution in [2.75, 3.05) is 0 Å². The Morgan fingerprint density at radius 3 is 1.15 bits per heavy atom. The monoisotopic (exact) mass is 1090 g/mol. The van der Waals surface area contributed by atoms with Crippen LogP contribution in [-0.4, -0.2) is 32.3 Å². The molecule has 1 unspecified atom stereocenters. The Hall–Kier alpha value is -3.34. The minimum absolute atomic E-state index is 0.0957. The molecule has 0 N–H and O–H groups in total. The third-order valence-corrected chi connectivity index (χ3v) is 24.5. The van der Waals surface area contributed by atoms with Crippen LogP contribution in [0.4, 0.5) is 0 Å². The van der Waals surface area contributed by atoms with Gasteiger partial charge in [0.25, 0.3) is 0 Å². The predicted molar refractivity (Wildman–Crippen MR) is 330 cm³/mol. The number of hydrogen-bond donors (Lipinski definition) is 0. The number of para-hydroxylation sites is 1. The van der Waals surface area contributed by atoms with Crippen LogP contribution in [0.1, 0.15) is 125 Å². The molecule has 6 aromatic rings. The second-order valence-corrected chi connectivity index (χ2v) is 51.7. The van der Waals surface area contributed by atoms with E-state index in [0.29, 0.717) is 0 Å². The molecule has 12 heteroatoms. The highest BCUT2D eigenvalue weighted by molar-refractivity contribution is 7.42. The van der Waals surface area contributed by atoms with Crippen LogP contribution in [0, 0.1) is 0 Å². The molecule has 1 aromatic heterocycles. The van der Waals surface area contributed by atoms with Crippen molar-refractivity contribution < 1.29 is 26.5 Å². The van der Waals surface area contributed by atoms with Gasteiger partial charge in [0.15, 0.2) is 0 Å². The number of hydrogen-bond acceptors (Lipinski definition) is 6. The second kappa shape index (κ2) is 19.0. The van der Waals surface area contributed by atoms with Gasteiger partial charge in [-0.05, 0) is 109 Å². The highest BCUT2D eigenvalue weighted by Crippen LogP contribution is 2.56. The molecule has 7 rings (SSSR count). The summed E-state index contributed by atoms with van der Waals surface area (Å²) in [5, 5.41) is 7.17. The lowest BCUT2D eigenvalue weighted by Crippen LogP contribution is -2.41. The normalized spacial score (nSPS) is 16.1. The van der Waals surface area contributed by atoms with Gasteiger partial charge in [-0.25, -0.2) is 0 Å². The Bertz CT molecular complexity index is 3040. The Morgan fingerprint density at radius 1 is 0.438 bits per heavy atom. The van der Waals surface area contributed by atoms with Crippen LogP contribution in [0.15, 0.2) is 81.2 Å². The Labute approximate surface area is 447 Å². The highest BCUT2D eigenvalue weighted by atomic mass is 31.2. The molecule has 0 amide bonds. The maximum Gasteiger partial charge on any atom is 0.463 e. The fourth-order valence-corrected chi connectivity index (χ4v) is 18.0. The van der Waals surface area contributed by atoms with Crippen molar-refractivity contribution in [3.63, 3.8) is 0 Å². The molecule has 5 aromatic carbocycles. The van der Waals surface area contributed by atoms with E-state index in [1.165, 1.54) is 43.0 Å². The van der Waals surface area contributed by atoms with Gasteiger partial charge in [0.2, 0.25) is 0 Å². The summed E-state index contributed by atoms with van der Waals surface area (Å²) in [4.78, 5) is 0. The van der Waals surface area contributed by atoms with E-state index in [1.54, 1.807) is 0 Å². The topological polar surface area (TPSA) is 63.2 Å². The smallest absolute Gasteiger partial charge is 0.417 e. The van der Waals surface area contributed by atoms with Gasteiger partial charge in [-0.3, -0.25) is 4.52 Å². The van der Waals surface area contributed by atoms with Crippen molar-refractivity contribution in [2.45, 2.75) is 203 Å². The Balaban J connectivity index is 1.68. The highest BCUT2D eigenvalue weighted by Gasteiger charge is 2.41. The summed E-state index contributed by atoms with van der Waals surface area (Å²) in [6.07, 6.45) is 0. The molecule has 0 fully saturated rings. The van der Waals surface area contributed by atoms with E-state index in [2.05, 4.69) is 230 Å². The SMILES string of the molecule is CC(C)(C)c1cc(-c2cc(C(C)(C)C)cc([Si](C)(C)C)c2Op2oc3c([Si](C)(C)C)cc(C(C)(C)C)cc3c3cc(C(C)(C)C)cc([Si](C)(C)C)c3o2)c(OP2Oc3ccccc3C(C)(C)O2)c([Si](C)(C)C)c1. The predicted octanol–water partition coefficient (Wildman–Crippen LogP) is 18.1. The Kier molecular flexibility index (Phi) is 14.9. The van der Waals surface area contributed by atoms with Crippen molar-refractivity contribution in [1.29, 1.82) is 0 Å². The summed E-state index contributed by atoms with van der Waals surface area (Å²) < 4.78 is 44.1. The van der Waals surface area contributed by atoms with Crippen molar-refractivity contribution in [3.8, 4) is 28.4 Å². The molecule has 0 saturated heterocycles. The molecule has 2 heterocycles. The summed E-state index contributed by atoms with van der Waals surface area (Å²) in [6.45, 7) is 61.1. The minimum atomic E-state index is -2.24. The van der Waals surface area contributed by atoms with Gasteiger partial charge in [0.05, 0.1) is 32.3 Å². The molecule has 6 nitrogen and oxygen atoms in total. The molecule has 1 aliphatic rings. The molecule has 0 radical (unpaired) electrons. The standard InChI is InChI=1S/C61H90O6P2Si4/c1-57(2,3)39-31-43-44-32-40(58(4,5)6)36-50(71(18,19)20)54(44)64-68(63-53(43)49(35-39)70(15,16)17)65-55-45(33-41(59(7,8)9)37-51(55)72(21,22)23)46-34-42(60(10,11)12)38-52(73(24,25)26)56(46)66-69-62-48-30-28-27-29-47(48)61(13,14)67-69/h27-38H,1-26H3. The van der Waals surface area contributed by atoms with Gasteiger partial charge in [0, 0.05) is 27.5 Å². The van der Waals surface area contributed by atoms with Gasteiger partial charge in [-0.15, -0.1) is 0 Å². The van der Waals surface area contributed by atoms with Crippen molar-refractivity contribution in [3.05, 3.63) is 101 Å². The summed E-state index contributed by atoms with van der Waals surface area (Å²) in [7, 11) is -12.5. The van der Waals surface area contributed by atoms with Crippen LogP contribution in [0.5, 0.6) is 17.2 Å². The molecule has 1 atom stereocenters. The largest absolute Gasteiger partial charge is 0.463 e. The van der Waals surface area contributed by atoms with Crippen LogP contribution in [-0.2, 0) is 31.8 Å². The number of rotatable bonds is 9. The maximum atomic E-state index is 7.85. The van der Waals surface area contributed by atoms with Gasteiger partial charge in [-0.1, -0.05) is 204 Å². The first-order chi connectivity index (χ1) is 33.0. The van der Waals surface area contributed by atoms with E-state index in [4.69, 9.17) is 26.5 Å². The molecular formula is C61H90O6P2Si4. The van der Waals surface area contributed by atoms with E-state index in [9.17, 15) is 0 Å². The zero-order valence-electron chi connectivity index (χ0n) is 49.8. The van der Waals surface area contributed by atoms with Crippen LogP contribution in [0.2, 0.25) is 78.6 Å². The zero-order valence-corrected chi connectivity index (χ0v) is 55.6. The van der Waals surface area contributed by atoms with Crippen LogP contribution in [0.3, 0.4) is 0 Å². The van der Waals surface area contributed by atoms with E-state index in [0.717, 1.165) is 55.9 Å². The van der Waals surface area contributed by atoms with Gasteiger partial charge in [0.1, 0.15) is 34.0 Å². The van der Waals surface area contributed by atoms with Crippen molar-refractivity contribution in [1.82, 2.24) is 0 Å². The van der Waals surface area contributed by atoms with Gasteiger partial charge < -0.3 is 22.0 Å².